The number of hydrogen-bond donors (Lipinski definition) is 2. The second kappa shape index (κ2) is 13.4. The number of sulfonamides is 1. The van der Waals surface area contributed by atoms with Gasteiger partial charge in [-0.3, -0.25) is 4.99 Å². The summed E-state index contributed by atoms with van der Waals surface area (Å²) in [7, 11) is -3.36. The molecular formula is C21H36IN5O3S. The highest BCUT2D eigenvalue weighted by atomic mass is 127. The Bertz CT molecular complexity index is 764. The zero-order valence-electron chi connectivity index (χ0n) is 18.3. The van der Waals surface area contributed by atoms with Gasteiger partial charge in [-0.2, -0.15) is 0 Å². The van der Waals surface area contributed by atoms with Crippen LogP contribution in [0.3, 0.4) is 0 Å². The molecule has 176 valence electrons. The molecule has 0 saturated carbocycles. The summed E-state index contributed by atoms with van der Waals surface area (Å²) in [5, 5.41) is 3.30. The fourth-order valence-electron chi connectivity index (χ4n) is 3.77. The topological polar surface area (TPSA) is 86.3 Å². The molecule has 0 radical (unpaired) electrons. The van der Waals surface area contributed by atoms with Crippen LogP contribution in [-0.4, -0.2) is 83.6 Å². The number of para-hydroxylation sites is 1. The van der Waals surface area contributed by atoms with E-state index in [1.807, 2.05) is 13.0 Å². The molecule has 8 nitrogen and oxygen atoms in total. The van der Waals surface area contributed by atoms with Crippen LogP contribution in [0.5, 0.6) is 0 Å². The number of nitrogens with zero attached hydrogens (tertiary/aromatic N) is 3. The minimum Gasteiger partial charge on any atom is -0.377 e. The lowest BCUT2D eigenvalue weighted by Gasteiger charge is -2.37. The maximum atomic E-state index is 12.3. The first-order valence-corrected chi connectivity index (χ1v) is 12.6. The van der Waals surface area contributed by atoms with Gasteiger partial charge in [0.1, 0.15) is 0 Å². The molecule has 31 heavy (non-hydrogen) atoms. The fourth-order valence-corrected chi connectivity index (χ4v) is 4.69. The zero-order valence-corrected chi connectivity index (χ0v) is 21.5. The van der Waals surface area contributed by atoms with Gasteiger partial charge in [0, 0.05) is 51.6 Å². The normalized spacial score (nSPS) is 20.3. The van der Waals surface area contributed by atoms with E-state index in [0.717, 1.165) is 64.6 Å². The van der Waals surface area contributed by atoms with E-state index >= 15 is 0 Å². The Morgan fingerprint density at radius 2 is 1.90 bits per heavy atom. The Kier molecular flexibility index (Phi) is 11.3. The monoisotopic (exact) mass is 565 g/mol. The van der Waals surface area contributed by atoms with Crippen molar-refractivity contribution in [2.75, 3.05) is 63.1 Å². The molecule has 1 aromatic carbocycles. The highest BCUT2D eigenvalue weighted by Crippen LogP contribution is 2.15. The molecule has 10 heteroatoms. The van der Waals surface area contributed by atoms with Gasteiger partial charge in [0.25, 0.3) is 0 Å². The molecule has 0 aliphatic carbocycles. The lowest BCUT2D eigenvalue weighted by molar-refractivity contribution is 0.0200. The van der Waals surface area contributed by atoms with Gasteiger partial charge in [-0.15, -0.1) is 24.0 Å². The molecule has 1 unspecified atom stereocenters. The molecule has 0 bridgehead atoms. The molecular weight excluding hydrogens is 529 g/mol. The Morgan fingerprint density at radius 3 is 2.55 bits per heavy atom. The summed E-state index contributed by atoms with van der Waals surface area (Å²) in [5.74, 6) is 0.773. The predicted octanol–water partition coefficient (Wildman–Crippen LogP) is 1.88. The highest BCUT2D eigenvalue weighted by Gasteiger charge is 2.21. The Hall–Kier alpha value is -1.11. The SMILES string of the molecule is CCNC(=NCCS(=O)(=O)NCC1CCCCO1)N1CCN(c2ccccc2)CC1.I. The molecule has 2 N–H and O–H groups in total. The molecule has 1 atom stereocenters. The molecule has 0 aromatic heterocycles. The van der Waals surface area contributed by atoms with Crippen LogP contribution in [0.25, 0.3) is 0 Å². The largest absolute Gasteiger partial charge is 0.377 e. The summed E-state index contributed by atoms with van der Waals surface area (Å²) < 4.78 is 32.9. The number of benzene rings is 1. The van der Waals surface area contributed by atoms with Crippen LogP contribution in [0.15, 0.2) is 35.3 Å². The summed E-state index contributed by atoms with van der Waals surface area (Å²) in [6, 6.07) is 10.4. The second-order valence-corrected chi connectivity index (χ2v) is 9.63. The third-order valence-corrected chi connectivity index (χ3v) is 6.79. The average Bonchev–Trinajstić information content (AvgIpc) is 2.79. The average molecular weight is 566 g/mol. The van der Waals surface area contributed by atoms with Gasteiger partial charge in [0.15, 0.2) is 5.96 Å². The molecule has 2 fully saturated rings. The smallest absolute Gasteiger partial charge is 0.213 e. The number of halogens is 1. The van der Waals surface area contributed by atoms with Crippen molar-refractivity contribution in [2.45, 2.75) is 32.3 Å². The molecule has 2 aliphatic rings. The summed E-state index contributed by atoms with van der Waals surface area (Å²) in [5.41, 5.74) is 1.23. The Morgan fingerprint density at radius 1 is 1.16 bits per heavy atom. The van der Waals surface area contributed by atoms with Crippen molar-refractivity contribution in [3.63, 3.8) is 0 Å². The van der Waals surface area contributed by atoms with Crippen LogP contribution in [-0.2, 0) is 14.8 Å². The van der Waals surface area contributed by atoms with Gasteiger partial charge in [0.05, 0.1) is 18.4 Å². The van der Waals surface area contributed by atoms with Crippen molar-refractivity contribution in [3.05, 3.63) is 30.3 Å². The third-order valence-electron chi connectivity index (χ3n) is 5.46. The summed E-state index contributed by atoms with van der Waals surface area (Å²) >= 11 is 0. The lowest BCUT2D eigenvalue weighted by atomic mass is 10.1. The quantitative estimate of drug-likeness (QED) is 0.285. The number of piperazine rings is 1. The van der Waals surface area contributed by atoms with Crippen LogP contribution in [0.2, 0.25) is 0 Å². The molecule has 0 spiro atoms. The van der Waals surface area contributed by atoms with Crippen molar-refractivity contribution < 1.29 is 13.2 Å². The number of ether oxygens (including phenoxy) is 1. The number of aliphatic imine (C=N–C) groups is 1. The van der Waals surface area contributed by atoms with E-state index in [2.05, 4.69) is 49.1 Å². The molecule has 2 saturated heterocycles. The standard InChI is InChI=1S/C21H35N5O3S.HI/c1-2-22-21(26-14-12-25(13-15-26)19-8-4-3-5-9-19)23-11-17-30(27,28)24-18-20-10-6-7-16-29-20;/h3-5,8-9,20,24H,2,6-7,10-18H2,1H3,(H,22,23);1H. The van der Waals surface area contributed by atoms with E-state index < -0.39 is 10.0 Å². The molecule has 0 amide bonds. The van der Waals surface area contributed by atoms with Crippen LogP contribution < -0.4 is 14.9 Å². The van der Waals surface area contributed by atoms with E-state index in [1.54, 1.807) is 0 Å². The van der Waals surface area contributed by atoms with Gasteiger partial charge >= 0.3 is 0 Å². The van der Waals surface area contributed by atoms with E-state index in [1.165, 1.54) is 5.69 Å². The van der Waals surface area contributed by atoms with Crippen molar-refractivity contribution in [1.82, 2.24) is 14.9 Å². The minimum absolute atomic E-state index is 0. The van der Waals surface area contributed by atoms with Crippen LogP contribution in [0, 0.1) is 0 Å². The van der Waals surface area contributed by atoms with Crippen LogP contribution >= 0.6 is 24.0 Å². The molecule has 2 heterocycles. The summed E-state index contributed by atoms with van der Waals surface area (Å²) in [6.45, 7) is 7.62. The second-order valence-electron chi connectivity index (χ2n) is 7.70. The summed E-state index contributed by atoms with van der Waals surface area (Å²) in [6.07, 6.45) is 3.07. The third kappa shape index (κ3) is 8.74. The van der Waals surface area contributed by atoms with Crippen molar-refractivity contribution >= 4 is 45.6 Å². The van der Waals surface area contributed by atoms with Gasteiger partial charge < -0.3 is 19.9 Å². The van der Waals surface area contributed by atoms with Gasteiger partial charge in [-0.25, -0.2) is 13.1 Å². The maximum Gasteiger partial charge on any atom is 0.213 e. The first-order chi connectivity index (χ1) is 14.6. The number of nitrogens with one attached hydrogen (secondary N) is 2. The van der Waals surface area contributed by atoms with E-state index in [0.29, 0.717) is 6.54 Å². The minimum atomic E-state index is -3.36. The fraction of sp³-hybridized carbons (Fsp3) is 0.667. The zero-order chi connectivity index (χ0) is 21.2. The molecule has 2 aliphatic heterocycles. The van der Waals surface area contributed by atoms with Gasteiger partial charge in [-0.1, -0.05) is 18.2 Å². The maximum absolute atomic E-state index is 12.3. The number of guanidine groups is 1. The Labute approximate surface area is 203 Å². The van der Waals surface area contributed by atoms with Crippen molar-refractivity contribution in [3.8, 4) is 0 Å². The first-order valence-electron chi connectivity index (χ1n) is 11.0. The predicted molar refractivity (Wildman–Crippen MR) is 137 cm³/mol. The van der Waals surface area contributed by atoms with Gasteiger partial charge in [0.2, 0.25) is 10.0 Å². The lowest BCUT2D eigenvalue weighted by Crippen LogP contribution is -2.52. The molecule has 1 aromatic rings. The van der Waals surface area contributed by atoms with E-state index in [4.69, 9.17) is 4.74 Å². The number of anilines is 1. The van der Waals surface area contributed by atoms with Crippen molar-refractivity contribution in [2.24, 2.45) is 4.99 Å². The molecule has 3 rings (SSSR count). The number of rotatable bonds is 8. The van der Waals surface area contributed by atoms with Gasteiger partial charge in [-0.05, 0) is 38.3 Å². The van der Waals surface area contributed by atoms with E-state index in [-0.39, 0.29) is 42.4 Å². The summed E-state index contributed by atoms with van der Waals surface area (Å²) in [4.78, 5) is 9.15. The highest BCUT2D eigenvalue weighted by molar-refractivity contribution is 14.0. The van der Waals surface area contributed by atoms with Crippen molar-refractivity contribution in [1.29, 1.82) is 0 Å². The number of hydrogen-bond acceptors (Lipinski definition) is 5. The van der Waals surface area contributed by atoms with E-state index in [9.17, 15) is 8.42 Å². The van der Waals surface area contributed by atoms with Crippen LogP contribution in [0.4, 0.5) is 5.69 Å². The first kappa shape index (κ1) is 26.1. The van der Waals surface area contributed by atoms with Crippen LogP contribution in [0.1, 0.15) is 26.2 Å². The Balaban J connectivity index is 0.00000341.